The Kier molecular flexibility index (Phi) is 5.71. The second-order valence-corrected chi connectivity index (χ2v) is 4.25. The number of Topliss-reactive ketones (excluding diaryl/α,β-unsaturated/α-hetero) is 1. The highest BCUT2D eigenvalue weighted by molar-refractivity contribution is 5.94. The smallest absolute Gasteiger partial charge is 0.305 e. The Morgan fingerprint density at radius 3 is 2.55 bits per heavy atom. The summed E-state index contributed by atoms with van der Waals surface area (Å²) < 4.78 is 5.14. The third-order valence-corrected chi connectivity index (χ3v) is 2.70. The Morgan fingerprint density at radius 2 is 2.00 bits per heavy atom. The van der Waals surface area contributed by atoms with Gasteiger partial charge in [-0.25, -0.2) is 0 Å². The molecule has 0 saturated carbocycles. The van der Waals surface area contributed by atoms with Crippen LogP contribution in [0.5, 0.6) is 5.75 Å². The molecule has 0 atom stereocenters. The number of ether oxygens (including phenoxy) is 1. The van der Waals surface area contributed by atoms with Crippen LogP contribution >= 0.6 is 0 Å². The van der Waals surface area contributed by atoms with Crippen LogP contribution in [-0.2, 0) is 16.0 Å². The van der Waals surface area contributed by atoms with Gasteiger partial charge < -0.3 is 15.2 Å². The number of carboxylic acids is 1. The molecule has 6 heteroatoms. The average molecular weight is 279 g/mol. The summed E-state index contributed by atoms with van der Waals surface area (Å²) >= 11 is 0. The second-order valence-electron chi connectivity index (χ2n) is 4.25. The summed E-state index contributed by atoms with van der Waals surface area (Å²) in [6.07, 6.45) is -0.0970. The minimum Gasteiger partial charge on any atom is -0.496 e. The standard InChI is InChI=1S/C14H17NO5/c1-9(16)10-3-4-12(20-2)11(7-10)8-13(17)15-6-5-14(18)19/h3-4,7H,5-6,8H2,1-2H3,(H,15,17)(H,18,19). The van der Waals surface area contributed by atoms with Gasteiger partial charge in [0.15, 0.2) is 5.78 Å². The van der Waals surface area contributed by atoms with Gasteiger partial charge in [-0.1, -0.05) is 0 Å². The molecule has 108 valence electrons. The number of hydrogen-bond donors (Lipinski definition) is 2. The van der Waals surface area contributed by atoms with Crippen LogP contribution < -0.4 is 10.1 Å². The molecule has 2 N–H and O–H groups in total. The molecule has 0 fully saturated rings. The van der Waals surface area contributed by atoms with Crippen molar-refractivity contribution in [3.63, 3.8) is 0 Å². The zero-order valence-electron chi connectivity index (χ0n) is 11.4. The van der Waals surface area contributed by atoms with Gasteiger partial charge in [-0.05, 0) is 25.1 Å². The Hall–Kier alpha value is -2.37. The number of rotatable bonds is 7. The topological polar surface area (TPSA) is 92.7 Å². The summed E-state index contributed by atoms with van der Waals surface area (Å²) in [5.74, 6) is -0.865. The van der Waals surface area contributed by atoms with Crippen LogP contribution in [-0.4, -0.2) is 36.4 Å². The lowest BCUT2D eigenvalue weighted by atomic mass is 10.0. The van der Waals surface area contributed by atoms with Crippen LogP contribution in [0, 0.1) is 0 Å². The number of ketones is 1. The highest BCUT2D eigenvalue weighted by atomic mass is 16.5. The van der Waals surface area contributed by atoms with Gasteiger partial charge in [0.25, 0.3) is 0 Å². The van der Waals surface area contributed by atoms with Crippen LogP contribution in [0.3, 0.4) is 0 Å². The molecule has 1 aromatic carbocycles. The third kappa shape index (κ3) is 4.72. The molecule has 0 aromatic heterocycles. The monoisotopic (exact) mass is 279 g/mol. The minimum absolute atomic E-state index is 0.0317. The van der Waals surface area contributed by atoms with E-state index in [1.807, 2.05) is 0 Å². The Balaban J connectivity index is 2.74. The molecule has 1 aromatic rings. The lowest BCUT2D eigenvalue weighted by molar-refractivity contribution is -0.136. The number of nitrogens with one attached hydrogen (secondary N) is 1. The van der Waals surface area contributed by atoms with Gasteiger partial charge in [-0.3, -0.25) is 14.4 Å². The number of carbonyl (C=O) groups excluding carboxylic acids is 2. The molecular weight excluding hydrogens is 262 g/mol. The van der Waals surface area contributed by atoms with E-state index in [2.05, 4.69) is 5.32 Å². The van der Waals surface area contributed by atoms with Crippen LogP contribution in [0.1, 0.15) is 29.3 Å². The third-order valence-electron chi connectivity index (χ3n) is 2.70. The second kappa shape index (κ2) is 7.28. The largest absolute Gasteiger partial charge is 0.496 e. The fraction of sp³-hybridized carbons (Fsp3) is 0.357. The van der Waals surface area contributed by atoms with Crippen molar-refractivity contribution in [3.8, 4) is 5.75 Å². The van der Waals surface area contributed by atoms with E-state index >= 15 is 0 Å². The van der Waals surface area contributed by atoms with Crippen molar-refractivity contribution < 1.29 is 24.2 Å². The van der Waals surface area contributed by atoms with Crippen molar-refractivity contribution in [2.75, 3.05) is 13.7 Å². The molecule has 0 aliphatic heterocycles. The maximum Gasteiger partial charge on any atom is 0.305 e. The molecule has 0 bridgehead atoms. The van der Waals surface area contributed by atoms with Crippen molar-refractivity contribution in [1.29, 1.82) is 0 Å². The number of aliphatic carboxylic acids is 1. The summed E-state index contributed by atoms with van der Waals surface area (Å²) in [5, 5.41) is 11.0. The van der Waals surface area contributed by atoms with E-state index in [4.69, 9.17) is 9.84 Å². The fourth-order valence-corrected chi connectivity index (χ4v) is 1.68. The van der Waals surface area contributed by atoms with Gasteiger partial charge in [-0.2, -0.15) is 0 Å². The predicted octanol–water partition coefficient (Wildman–Crippen LogP) is 1.03. The molecule has 1 amide bonds. The first-order chi connectivity index (χ1) is 9.43. The zero-order chi connectivity index (χ0) is 15.1. The SMILES string of the molecule is COc1ccc(C(C)=O)cc1CC(=O)NCCC(=O)O. The van der Waals surface area contributed by atoms with Gasteiger partial charge in [0.1, 0.15) is 5.75 Å². The van der Waals surface area contributed by atoms with E-state index in [-0.39, 0.29) is 31.1 Å². The molecule has 0 aliphatic rings. The Bertz CT molecular complexity index is 524. The number of carboxylic acid groups (broad SMARTS) is 1. The maximum absolute atomic E-state index is 11.7. The first-order valence-electron chi connectivity index (χ1n) is 6.10. The van der Waals surface area contributed by atoms with Gasteiger partial charge in [0, 0.05) is 17.7 Å². The van der Waals surface area contributed by atoms with Gasteiger partial charge in [-0.15, -0.1) is 0 Å². The van der Waals surface area contributed by atoms with Crippen molar-refractivity contribution in [2.24, 2.45) is 0 Å². The summed E-state index contributed by atoms with van der Waals surface area (Å²) in [6.45, 7) is 1.52. The van der Waals surface area contributed by atoms with Crippen LogP contribution in [0.25, 0.3) is 0 Å². The van der Waals surface area contributed by atoms with Gasteiger partial charge in [0.2, 0.25) is 5.91 Å². The number of methoxy groups -OCH3 is 1. The van der Waals surface area contributed by atoms with E-state index in [0.717, 1.165) is 0 Å². The van der Waals surface area contributed by atoms with E-state index in [1.165, 1.54) is 14.0 Å². The first kappa shape index (κ1) is 15.7. The van der Waals surface area contributed by atoms with E-state index < -0.39 is 5.97 Å². The molecule has 0 saturated heterocycles. The quantitative estimate of drug-likeness (QED) is 0.727. The van der Waals surface area contributed by atoms with Crippen molar-refractivity contribution in [1.82, 2.24) is 5.32 Å². The molecule has 0 aliphatic carbocycles. The normalized spacial score (nSPS) is 9.90. The average Bonchev–Trinajstić information content (AvgIpc) is 2.38. The number of benzene rings is 1. The van der Waals surface area contributed by atoms with Crippen LogP contribution in [0.4, 0.5) is 0 Å². The first-order valence-corrected chi connectivity index (χ1v) is 6.10. The highest BCUT2D eigenvalue weighted by Crippen LogP contribution is 2.20. The van der Waals surface area contributed by atoms with E-state index in [0.29, 0.717) is 16.9 Å². The number of amides is 1. The van der Waals surface area contributed by atoms with Crippen molar-refractivity contribution in [2.45, 2.75) is 19.8 Å². The molecule has 0 spiro atoms. The lowest BCUT2D eigenvalue weighted by Crippen LogP contribution is -2.27. The molecular formula is C14H17NO5. The predicted molar refractivity (Wildman–Crippen MR) is 72.0 cm³/mol. The van der Waals surface area contributed by atoms with Crippen LogP contribution in [0.2, 0.25) is 0 Å². The van der Waals surface area contributed by atoms with Gasteiger partial charge >= 0.3 is 5.97 Å². The summed E-state index contributed by atoms with van der Waals surface area (Å²) in [5.41, 5.74) is 1.09. The molecule has 0 heterocycles. The van der Waals surface area contributed by atoms with Crippen molar-refractivity contribution in [3.05, 3.63) is 29.3 Å². The van der Waals surface area contributed by atoms with E-state index in [1.54, 1.807) is 18.2 Å². The summed E-state index contributed by atoms with van der Waals surface area (Å²) in [7, 11) is 1.48. The van der Waals surface area contributed by atoms with Gasteiger partial charge in [0.05, 0.1) is 20.0 Å². The molecule has 1 rings (SSSR count). The lowest BCUT2D eigenvalue weighted by Gasteiger charge is -2.10. The molecule has 20 heavy (non-hydrogen) atoms. The molecule has 6 nitrogen and oxygen atoms in total. The minimum atomic E-state index is -0.971. The Morgan fingerprint density at radius 1 is 1.30 bits per heavy atom. The van der Waals surface area contributed by atoms with Crippen molar-refractivity contribution >= 4 is 17.7 Å². The fourth-order valence-electron chi connectivity index (χ4n) is 1.68. The maximum atomic E-state index is 11.7. The Labute approximate surface area is 116 Å². The highest BCUT2D eigenvalue weighted by Gasteiger charge is 2.11. The summed E-state index contributed by atoms with van der Waals surface area (Å²) in [6, 6.07) is 4.88. The number of carbonyl (C=O) groups is 3. The number of hydrogen-bond acceptors (Lipinski definition) is 4. The molecule has 0 unspecified atom stereocenters. The molecule has 0 radical (unpaired) electrons. The summed E-state index contributed by atoms with van der Waals surface area (Å²) in [4.78, 5) is 33.4. The van der Waals surface area contributed by atoms with Crippen LogP contribution in [0.15, 0.2) is 18.2 Å². The zero-order valence-corrected chi connectivity index (χ0v) is 11.4. The van der Waals surface area contributed by atoms with E-state index in [9.17, 15) is 14.4 Å².